The second-order valence-electron chi connectivity index (χ2n) is 5.32. The van der Waals surface area contributed by atoms with Gasteiger partial charge in [-0.15, -0.1) is 0 Å². The first-order chi connectivity index (χ1) is 11.6. The maximum Gasteiger partial charge on any atom is 0.229 e. The number of carbonyl (C=O) groups is 2. The molecular weight excluding hydrogens is 304 g/mol. The van der Waals surface area contributed by atoms with Gasteiger partial charge in [0, 0.05) is 18.2 Å². The highest BCUT2D eigenvalue weighted by Gasteiger charge is 2.34. The number of allylic oxidation sites excluding steroid dienone is 2. The van der Waals surface area contributed by atoms with Gasteiger partial charge in [-0.1, -0.05) is 55.7 Å². The Hall–Kier alpha value is -2.98. The number of ether oxygens (including phenoxy) is 1. The van der Waals surface area contributed by atoms with Crippen molar-refractivity contribution in [2.45, 2.75) is 6.10 Å². The van der Waals surface area contributed by atoms with Crippen LogP contribution in [0.5, 0.6) is 0 Å². The molecule has 24 heavy (non-hydrogen) atoms. The molecule has 0 fully saturated rings. The van der Waals surface area contributed by atoms with Crippen molar-refractivity contribution in [2.24, 2.45) is 0 Å². The third-order valence-electron chi connectivity index (χ3n) is 3.96. The molecule has 4 nitrogen and oxygen atoms in total. The van der Waals surface area contributed by atoms with Crippen molar-refractivity contribution in [3.63, 3.8) is 0 Å². The Kier molecular flexibility index (Phi) is 4.15. The van der Waals surface area contributed by atoms with E-state index in [2.05, 4.69) is 13.2 Å². The van der Waals surface area contributed by atoms with Crippen molar-refractivity contribution in [1.29, 1.82) is 0 Å². The predicted molar refractivity (Wildman–Crippen MR) is 90.2 cm³/mol. The fourth-order valence-electron chi connectivity index (χ4n) is 2.84. The van der Waals surface area contributed by atoms with Crippen LogP contribution in [-0.2, 0) is 4.74 Å². The molecule has 0 spiro atoms. The molecule has 0 saturated carbocycles. The van der Waals surface area contributed by atoms with Gasteiger partial charge >= 0.3 is 0 Å². The van der Waals surface area contributed by atoms with Crippen molar-refractivity contribution in [1.82, 2.24) is 0 Å². The Morgan fingerprint density at radius 2 is 1.79 bits per heavy atom. The van der Waals surface area contributed by atoms with Crippen molar-refractivity contribution in [3.05, 3.63) is 95.5 Å². The first-order valence-electron chi connectivity index (χ1n) is 7.42. The monoisotopic (exact) mass is 320 g/mol. The van der Waals surface area contributed by atoms with Gasteiger partial charge in [0.2, 0.25) is 5.78 Å². The fourth-order valence-corrected chi connectivity index (χ4v) is 2.84. The highest BCUT2D eigenvalue weighted by atomic mass is 16.5. The highest BCUT2D eigenvalue weighted by Crippen LogP contribution is 2.34. The van der Waals surface area contributed by atoms with Gasteiger partial charge in [0.25, 0.3) is 0 Å². The number of furan rings is 1. The fraction of sp³-hybridized carbons (Fsp3) is 0.100. The topological polar surface area (TPSA) is 56.5 Å². The van der Waals surface area contributed by atoms with Gasteiger partial charge in [0.05, 0.1) is 5.56 Å². The van der Waals surface area contributed by atoms with Crippen molar-refractivity contribution < 1.29 is 18.7 Å². The van der Waals surface area contributed by atoms with E-state index in [-0.39, 0.29) is 22.9 Å². The number of ketones is 2. The van der Waals surface area contributed by atoms with E-state index in [0.717, 1.165) is 5.57 Å². The Morgan fingerprint density at radius 1 is 1.12 bits per heavy atom. The number of benzene rings is 1. The van der Waals surface area contributed by atoms with E-state index in [1.54, 1.807) is 48.6 Å². The lowest BCUT2D eigenvalue weighted by Crippen LogP contribution is -2.18. The van der Waals surface area contributed by atoms with Crippen LogP contribution in [0.3, 0.4) is 0 Å². The molecule has 1 unspecified atom stereocenters. The van der Waals surface area contributed by atoms with E-state index in [4.69, 9.17) is 9.15 Å². The van der Waals surface area contributed by atoms with Crippen molar-refractivity contribution >= 4 is 11.6 Å². The Labute approximate surface area is 139 Å². The molecular formula is C20H16O4. The summed E-state index contributed by atoms with van der Waals surface area (Å²) in [6, 6.07) is 8.29. The smallest absolute Gasteiger partial charge is 0.229 e. The highest BCUT2D eigenvalue weighted by molar-refractivity contribution is 6.27. The largest absolute Gasteiger partial charge is 0.454 e. The van der Waals surface area contributed by atoms with Crippen LogP contribution in [0, 0.1) is 0 Å². The van der Waals surface area contributed by atoms with Gasteiger partial charge in [-0.2, -0.15) is 0 Å². The quantitative estimate of drug-likeness (QED) is 0.666. The molecule has 3 rings (SSSR count). The van der Waals surface area contributed by atoms with Crippen LogP contribution >= 0.6 is 0 Å². The average Bonchev–Trinajstić information content (AvgIpc) is 3.05. The number of carbonyl (C=O) groups excluding carboxylic acids is 2. The van der Waals surface area contributed by atoms with Crippen LogP contribution in [0.4, 0.5) is 0 Å². The maximum absolute atomic E-state index is 12.6. The summed E-state index contributed by atoms with van der Waals surface area (Å²) in [4.78, 5) is 25.2. The van der Waals surface area contributed by atoms with Gasteiger partial charge in [0.1, 0.15) is 11.9 Å². The lowest BCUT2D eigenvalue weighted by Gasteiger charge is -2.13. The van der Waals surface area contributed by atoms with Gasteiger partial charge in [0.15, 0.2) is 11.5 Å². The number of hydrogen-bond donors (Lipinski definition) is 0. The molecule has 1 aromatic carbocycles. The molecule has 0 N–H and O–H groups in total. The Morgan fingerprint density at radius 3 is 2.38 bits per heavy atom. The van der Waals surface area contributed by atoms with Crippen LogP contribution in [0.1, 0.15) is 43.9 Å². The SMILES string of the molecule is C=C/C=C(\C=C)C(OC)c1cc2c(o1)C(=O)c1ccccc1C2=O. The van der Waals surface area contributed by atoms with Gasteiger partial charge in [-0.05, 0) is 11.6 Å². The van der Waals surface area contributed by atoms with E-state index >= 15 is 0 Å². The van der Waals surface area contributed by atoms with E-state index in [1.807, 2.05) is 0 Å². The van der Waals surface area contributed by atoms with E-state index in [1.165, 1.54) is 7.11 Å². The molecule has 1 aliphatic carbocycles. The standard InChI is InChI=1S/C20H16O4/c1-4-8-12(5-2)19(23-3)16-11-15-17(21)13-9-6-7-10-14(13)18(22)20(15)24-16/h4-11,19H,1-2H2,3H3/b12-8+. The minimum absolute atomic E-state index is 0.0535. The molecule has 0 aliphatic heterocycles. The molecule has 1 aliphatic rings. The zero-order valence-electron chi connectivity index (χ0n) is 13.2. The van der Waals surface area contributed by atoms with Gasteiger partial charge in [-0.3, -0.25) is 9.59 Å². The molecule has 120 valence electrons. The van der Waals surface area contributed by atoms with Crippen molar-refractivity contribution in [2.75, 3.05) is 7.11 Å². The Bertz CT molecular complexity index is 830. The molecule has 1 aromatic heterocycles. The normalized spacial score (nSPS) is 14.8. The first kappa shape index (κ1) is 15.9. The van der Waals surface area contributed by atoms with E-state index in [0.29, 0.717) is 16.9 Å². The lowest BCUT2D eigenvalue weighted by atomic mass is 9.88. The van der Waals surface area contributed by atoms with Crippen LogP contribution in [-0.4, -0.2) is 18.7 Å². The first-order valence-corrected chi connectivity index (χ1v) is 7.42. The summed E-state index contributed by atoms with van der Waals surface area (Å²) in [5.41, 5.74) is 1.73. The van der Waals surface area contributed by atoms with E-state index < -0.39 is 6.10 Å². The third kappa shape index (κ3) is 2.37. The Balaban J connectivity index is 2.12. The summed E-state index contributed by atoms with van der Waals surface area (Å²) in [5, 5.41) is 0. The summed E-state index contributed by atoms with van der Waals surface area (Å²) in [6.07, 6.45) is 4.39. The molecule has 1 heterocycles. The molecule has 4 heteroatoms. The number of hydrogen-bond acceptors (Lipinski definition) is 4. The summed E-state index contributed by atoms with van der Waals surface area (Å²) < 4.78 is 11.2. The van der Waals surface area contributed by atoms with Gasteiger partial charge < -0.3 is 9.15 Å². The van der Waals surface area contributed by atoms with Gasteiger partial charge in [-0.25, -0.2) is 0 Å². The van der Waals surface area contributed by atoms with Crippen molar-refractivity contribution in [3.8, 4) is 0 Å². The zero-order chi connectivity index (χ0) is 17.3. The van der Waals surface area contributed by atoms with Crippen LogP contribution < -0.4 is 0 Å². The summed E-state index contributed by atoms with van der Waals surface area (Å²) in [5.74, 6) is -0.0881. The van der Waals surface area contributed by atoms with Crippen LogP contribution in [0.15, 0.2) is 71.7 Å². The number of fused-ring (bicyclic) bond motifs is 2. The minimum atomic E-state index is -0.574. The molecule has 1 atom stereocenters. The average molecular weight is 320 g/mol. The van der Waals surface area contributed by atoms with Crippen LogP contribution in [0.25, 0.3) is 0 Å². The summed E-state index contributed by atoms with van der Waals surface area (Å²) in [6.45, 7) is 7.40. The zero-order valence-corrected chi connectivity index (χ0v) is 13.2. The minimum Gasteiger partial charge on any atom is -0.454 e. The maximum atomic E-state index is 12.6. The second-order valence-corrected chi connectivity index (χ2v) is 5.32. The lowest BCUT2D eigenvalue weighted by molar-refractivity contribution is 0.0940. The second kappa shape index (κ2) is 6.26. The summed E-state index contributed by atoms with van der Waals surface area (Å²) in [7, 11) is 1.52. The molecule has 0 saturated heterocycles. The third-order valence-corrected chi connectivity index (χ3v) is 3.96. The van der Waals surface area contributed by atoms with Crippen LogP contribution in [0.2, 0.25) is 0 Å². The number of rotatable bonds is 5. The number of methoxy groups -OCH3 is 1. The van der Waals surface area contributed by atoms with E-state index in [9.17, 15) is 9.59 Å². The molecule has 2 aromatic rings. The molecule has 0 bridgehead atoms. The summed E-state index contributed by atoms with van der Waals surface area (Å²) >= 11 is 0. The molecule has 0 amide bonds. The molecule has 0 radical (unpaired) electrons. The predicted octanol–water partition coefficient (Wildman–Crippen LogP) is 4.04.